The molecule has 0 saturated carbocycles. The van der Waals surface area contributed by atoms with Crippen LogP contribution < -0.4 is 0 Å². The number of alkyl halides is 8. The number of hydrogen-bond acceptors (Lipinski definition) is 4. The van der Waals surface area contributed by atoms with E-state index in [0.29, 0.717) is 12.8 Å². The molecule has 4 nitrogen and oxygen atoms in total. The van der Waals surface area contributed by atoms with Gasteiger partial charge in [-0.1, -0.05) is 18.2 Å². The summed E-state index contributed by atoms with van der Waals surface area (Å²) < 4.78 is 84.0. The van der Waals surface area contributed by atoms with Crippen LogP contribution in [0, 0.1) is 0 Å². The molecule has 2 rings (SSSR count). The maximum absolute atomic E-state index is 12.5. The molecule has 0 saturated heterocycles. The summed E-state index contributed by atoms with van der Waals surface area (Å²) in [6, 6.07) is 8.19. The van der Waals surface area contributed by atoms with Crippen molar-refractivity contribution >= 4 is 35.1 Å². The van der Waals surface area contributed by atoms with Crippen molar-refractivity contribution in [1.82, 2.24) is 0 Å². The van der Waals surface area contributed by atoms with Gasteiger partial charge in [-0.15, -0.1) is 29.8 Å². The van der Waals surface area contributed by atoms with Gasteiger partial charge in [0.25, 0.3) is 0 Å². The van der Waals surface area contributed by atoms with Gasteiger partial charge in [0, 0.05) is 5.88 Å². The minimum Gasteiger partial charge on any atom is -0.462 e. The van der Waals surface area contributed by atoms with Crippen molar-refractivity contribution in [2.75, 3.05) is 19.1 Å². The maximum atomic E-state index is 12.5. The standard InChI is InChI=1S/C12H11Cl2F3O2.C12H11F3O2/c13-7-10(14)4-5-19-11(18)8-2-1-3-9(6-8)12(15,16)17;1-2-3-7-17-11(16)9-5-4-6-10(8-9)12(13,14)15/h1-3,6,10H,4-5,7H2;2,4-6,8H,1,3,7H2. The Balaban J connectivity index is 0.000000362. The average Bonchev–Trinajstić information content (AvgIpc) is 2.83. The quantitative estimate of drug-likeness (QED) is 0.105. The number of ether oxygens (including phenoxy) is 2. The lowest BCUT2D eigenvalue weighted by Crippen LogP contribution is -2.12. The van der Waals surface area contributed by atoms with E-state index in [1.807, 2.05) is 0 Å². The molecule has 0 aromatic heterocycles. The predicted octanol–water partition coefficient (Wildman–Crippen LogP) is 7.54. The second-order valence-corrected chi connectivity index (χ2v) is 7.97. The summed E-state index contributed by atoms with van der Waals surface area (Å²) in [4.78, 5) is 22.9. The molecular formula is C24H22Cl2F6O4. The molecule has 0 spiro atoms. The number of rotatable bonds is 9. The number of benzene rings is 2. The van der Waals surface area contributed by atoms with Gasteiger partial charge in [-0.25, -0.2) is 9.59 Å². The zero-order valence-electron chi connectivity index (χ0n) is 18.7. The minimum atomic E-state index is -4.49. The van der Waals surface area contributed by atoms with Gasteiger partial charge in [0.2, 0.25) is 0 Å². The number of carbonyl (C=O) groups excluding carboxylic acids is 2. The Morgan fingerprint density at radius 2 is 1.31 bits per heavy atom. The summed E-state index contributed by atoms with van der Waals surface area (Å²) in [5, 5.41) is -0.337. The Labute approximate surface area is 213 Å². The van der Waals surface area contributed by atoms with E-state index >= 15 is 0 Å². The highest BCUT2D eigenvalue weighted by Crippen LogP contribution is 2.30. The summed E-state index contributed by atoms with van der Waals surface area (Å²) in [6.45, 7) is 3.56. The summed E-state index contributed by atoms with van der Waals surface area (Å²) >= 11 is 11.2. The smallest absolute Gasteiger partial charge is 0.416 e. The van der Waals surface area contributed by atoms with Crippen molar-refractivity contribution in [2.45, 2.75) is 30.6 Å². The number of esters is 2. The Morgan fingerprint density at radius 1 is 0.861 bits per heavy atom. The topological polar surface area (TPSA) is 52.6 Å². The molecule has 0 fully saturated rings. The summed E-state index contributed by atoms with van der Waals surface area (Å²) in [5.74, 6) is -1.37. The molecule has 1 unspecified atom stereocenters. The molecule has 198 valence electrons. The average molecular weight is 559 g/mol. The molecule has 0 heterocycles. The van der Waals surface area contributed by atoms with Crippen LogP contribution >= 0.6 is 23.2 Å². The molecule has 12 heteroatoms. The molecule has 1 atom stereocenters. The zero-order chi connectivity index (χ0) is 27.4. The molecule has 0 N–H and O–H groups in total. The van der Waals surface area contributed by atoms with Crippen LogP contribution in [0.2, 0.25) is 0 Å². The first-order valence-electron chi connectivity index (χ1n) is 10.3. The van der Waals surface area contributed by atoms with E-state index in [9.17, 15) is 35.9 Å². The summed E-state index contributed by atoms with van der Waals surface area (Å²) in [7, 11) is 0. The van der Waals surface area contributed by atoms with E-state index in [2.05, 4.69) is 6.58 Å². The molecule has 36 heavy (non-hydrogen) atoms. The summed E-state index contributed by atoms with van der Waals surface area (Å²) in [5.41, 5.74) is -2.01. The van der Waals surface area contributed by atoms with Gasteiger partial charge in [0.1, 0.15) is 0 Å². The van der Waals surface area contributed by atoms with Gasteiger partial charge in [-0.3, -0.25) is 0 Å². The van der Waals surface area contributed by atoms with Crippen LogP contribution in [-0.4, -0.2) is 36.4 Å². The van der Waals surface area contributed by atoms with Crippen molar-refractivity contribution in [3.05, 3.63) is 83.4 Å². The van der Waals surface area contributed by atoms with Crippen LogP contribution in [0.5, 0.6) is 0 Å². The molecule has 0 aliphatic heterocycles. The first kappa shape index (κ1) is 31.3. The second kappa shape index (κ2) is 14.7. The fourth-order valence-corrected chi connectivity index (χ4v) is 2.65. The Kier molecular flexibility index (Phi) is 12.8. The molecule has 2 aromatic rings. The van der Waals surface area contributed by atoms with Crippen LogP contribution in [0.1, 0.15) is 44.7 Å². The van der Waals surface area contributed by atoms with Crippen LogP contribution in [0.15, 0.2) is 61.2 Å². The molecule has 0 amide bonds. The lowest BCUT2D eigenvalue weighted by Gasteiger charge is -2.09. The van der Waals surface area contributed by atoms with E-state index in [1.165, 1.54) is 18.2 Å². The Bertz CT molecular complexity index is 1010. The van der Waals surface area contributed by atoms with Crippen LogP contribution in [0.4, 0.5) is 26.3 Å². The van der Waals surface area contributed by atoms with E-state index < -0.39 is 35.4 Å². The SMILES string of the molecule is C=CCCOC(=O)c1cccc(C(F)(F)F)c1.O=C(OCCC(Cl)CCl)c1cccc(C(F)(F)F)c1. The van der Waals surface area contributed by atoms with Gasteiger partial charge in [-0.2, -0.15) is 26.3 Å². The van der Waals surface area contributed by atoms with Crippen molar-refractivity contribution < 1.29 is 45.4 Å². The van der Waals surface area contributed by atoms with Crippen molar-refractivity contribution in [1.29, 1.82) is 0 Å². The van der Waals surface area contributed by atoms with Crippen LogP contribution in [0.25, 0.3) is 0 Å². The first-order valence-corrected chi connectivity index (χ1v) is 11.3. The van der Waals surface area contributed by atoms with Crippen molar-refractivity contribution in [3.8, 4) is 0 Å². The number of hydrogen-bond donors (Lipinski definition) is 0. The number of carbonyl (C=O) groups is 2. The molecule has 0 aliphatic carbocycles. The van der Waals surface area contributed by atoms with Crippen LogP contribution in [0.3, 0.4) is 0 Å². The highest BCUT2D eigenvalue weighted by atomic mass is 35.5. The van der Waals surface area contributed by atoms with Crippen molar-refractivity contribution in [2.24, 2.45) is 0 Å². The molecule has 0 aliphatic rings. The summed E-state index contributed by atoms with van der Waals surface area (Å²) in [6.07, 6.45) is -6.59. The van der Waals surface area contributed by atoms with Gasteiger partial charge < -0.3 is 9.47 Å². The zero-order valence-corrected chi connectivity index (χ0v) is 20.2. The normalized spacial score (nSPS) is 12.1. The van der Waals surface area contributed by atoms with Crippen molar-refractivity contribution in [3.63, 3.8) is 0 Å². The van der Waals surface area contributed by atoms with Crippen LogP contribution in [-0.2, 0) is 21.8 Å². The van der Waals surface area contributed by atoms with Gasteiger partial charge in [0.05, 0.1) is 40.8 Å². The van der Waals surface area contributed by atoms with E-state index in [-0.39, 0.29) is 35.6 Å². The highest BCUT2D eigenvalue weighted by Gasteiger charge is 2.31. The van der Waals surface area contributed by atoms with E-state index in [4.69, 9.17) is 32.7 Å². The Morgan fingerprint density at radius 3 is 1.69 bits per heavy atom. The second-order valence-electron chi connectivity index (χ2n) is 7.05. The van der Waals surface area contributed by atoms with E-state index in [1.54, 1.807) is 6.08 Å². The third kappa shape index (κ3) is 11.3. The third-order valence-corrected chi connectivity index (χ3v) is 5.14. The lowest BCUT2D eigenvalue weighted by molar-refractivity contribution is -0.138. The highest BCUT2D eigenvalue weighted by molar-refractivity contribution is 6.28. The maximum Gasteiger partial charge on any atom is 0.416 e. The van der Waals surface area contributed by atoms with Gasteiger partial charge >= 0.3 is 24.3 Å². The van der Waals surface area contributed by atoms with Gasteiger partial charge in [-0.05, 0) is 49.2 Å². The minimum absolute atomic E-state index is 0.00989. The molecule has 2 aromatic carbocycles. The fourth-order valence-electron chi connectivity index (χ4n) is 2.40. The molecule has 0 radical (unpaired) electrons. The third-order valence-electron chi connectivity index (χ3n) is 4.24. The number of halogens is 8. The molecule has 0 bridgehead atoms. The lowest BCUT2D eigenvalue weighted by atomic mass is 10.1. The first-order chi connectivity index (χ1) is 16.8. The van der Waals surface area contributed by atoms with Gasteiger partial charge in [0.15, 0.2) is 0 Å². The van der Waals surface area contributed by atoms with E-state index in [0.717, 1.165) is 30.3 Å². The molecular weight excluding hydrogens is 537 g/mol. The Hall–Kier alpha value is -2.72. The predicted molar refractivity (Wildman–Crippen MR) is 123 cm³/mol. The largest absolute Gasteiger partial charge is 0.462 e. The fraction of sp³-hybridized carbons (Fsp3) is 0.333. The monoisotopic (exact) mass is 558 g/mol.